The van der Waals surface area contributed by atoms with Gasteiger partial charge in [-0.1, -0.05) is 18.2 Å². The number of nitrogens with zero attached hydrogens (tertiary/aromatic N) is 1. The van der Waals surface area contributed by atoms with Crippen molar-refractivity contribution in [2.75, 3.05) is 13.1 Å². The summed E-state index contributed by atoms with van der Waals surface area (Å²) >= 11 is 0. The smallest absolute Gasteiger partial charge is 0.317 e. The van der Waals surface area contributed by atoms with E-state index in [0.717, 1.165) is 10.9 Å². The van der Waals surface area contributed by atoms with E-state index in [1.807, 2.05) is 18.2 Å². The zero-order valence-corrected chi connectivity index (χ0v) is 10.1. The summed E-state index contributed by atoms with van der Waals surface area (Å²) in [6, 6.07) is 7.34. The molecule has 0 atom stereocenters. The molecule has 0 fully saturated rings. The van der Waals surface area contributed by atoms with Crippen molar-refractivity contribution in [3.05, 3.63) is 36.1 Å². The van der Waals surface area contributed by atoms with Crippen LogP contribution in [0.2, 0.25) is 0 Å². The van der Waals surface area contributed by atoms with Crippen molar-refractivity contribution in [3.63, 3.8) is 0 Å². The molecule has 0 aliphatic rings. The first-order valence-corrected chi connectivity index (χ1v) is 5.67. The minimum atomic E-state index is -1.06. The van der Waals surface area contributed by atoms with Crippen LogP contribution in [0, 0.1) is 0 Å². The van der Waals surface area contributed by atoms with Crippen molar-refractivity contribution in [1.82, 2.24) is 4.90 Å². The van der Waals surface area contributed by atoms with Gasteiger partial charge < -0.3 is 14.6 Å². The molecular weight excluding hydrogens is 250 g/mol. The molecule has 19 heavy (non-hydrogen) atoms. The van der Waals surface area contributed by atoms with Crippen LogP contribution in [0.4, 0.5) is 0 Å². The van der Waals surface area contributed by atoms with E-state index >= 15 is 0 Å². The molecule has 0 unspecified atom stereocenters. The number of para-hydroxylation sites is 1. The Morgan fingerprint density at radius 2 is 1.74 bits per heavy atom. The second-order valence-corrected chi connectivity index (χ2v) is 4.19. The van der Waals surface area contributed by atoms with Crippen LogP contribution in [0.5, 0.6) is 0 Å². The van der Waals surface area contributed by atoms with Gasteiger partial charge in [0.1, 0.15) is 5.58 Å². The molecule has 1 heterocycles. The fourth-order valence-corrected chi connectivity index (χ4v) is 1.95. The van der Waals surface area contributed by atoms with E-state index in [2.05, 4.69) is 0 Å². The minimum absolute atomic E-state index is 0.218. The van der Waals surface area contributed by atoms with E-state index in [9.17, 15) is 9.59 Å². The highest BCUT2D eigenvalue weighted by Crippen LogP contribution is 2.21. The van der Waals surface area contributed by atoms with Crippen LogP contribution >= 0.6 is 0 Å². The monoisotopic (exact) mass is 263 g/mol. The third kappa shape index (κ3) is 3.32. The van der Waals surface area contributed by atoms with Gasteiger partial charge in [0.25, 0.3) is 0 Å². The van der Waals surface area contributed by atoms with Crippen LogP contribution in [-0.4, -0.2) is 40.1 Å². The molecule has 0 radical (unpaired) electrons. The topological polar surface area (TPSA) is 91.0 Å². The van der Waals surface area contributed by atoms with Crippen LogP contribution < -0.4 is 0 Å². The zero-order chi connectivity index (χ0) is 13.8. The Labute approximate surface area is 108 Å². The molecular formula is C13H13NO5. The first-order valence-electron chi connectivity index (χ1n) is 5.67. The van der Waals surface area contributed by atoms with Crippen LogP contribution in [0.1, 0.15) is 5.56 Å². The van der Waals surface area contributed by atoms with Crippen LogP contribution in [0.25, 0.3) is 11.0 Å². The van der Waals surface area contributed by atoms with Gasteiger partial charge >= 0.3 is 11.9 Å². The molecule has 6 heteroatoms. The van der Waals surface area contributed by atoms with E-state index in [1.165, 1.54) is 11.2 Å². The summed E-state index contributed by atoms with van der Waals surface area (Å²) < 4.78 is 5.34. The maximum Gasteiger partial charge on any atom is 0.317 e. The normalized spacial score (nSPS) is 11.0. The van der Waals surface area contributed by atoms with Gasteiger partial charge in [-0.25, -0.2) is 0 Å². The lowest BCUT2D eigenvalue weighted by Gasteiger charge is -2.16. The van der Waals surface area contributed by atoms with E-state index in [1.54, 1.807) is 6.07 Å². The fourth-order valence-electron chi connectivity index (χ4n) is 1.95. The van der Waals surface area contributed by atoms with Gasteiger partial charge in [-0.05, 0) is 6.07 Å². The number of rotatable bonds is 6. The van der Waals surface area contributed by atoms with Crippen molar-refractivity contribution in [2.45, 2.75) is 6.54 Å². The van der Waals surface area contributed by atoms with E-state index in [0.29, 0.717) is 5.58 Å². The summed E-state index contributed by atoms with van der Waals surface area (Å²) in [5, 5.41) is 18.4. The van der Waals surface area contributed by atoms with Crippen molar-refractivity contribution in [3.8, 4) is 0 Å². The zero-order valence-electron chi connectivity index (χ0n) is 10.1. The summed E-state index contributed by atoms with van der Waals surface area (Å²) in [5.74, 6) is -2.12. The first-order chi connectivity index (χ1) is 9.06. The molecule has 2 aromatic rings. The Morgan fingerprint density at radius 1 is 1.11 bits per heavy atom. The SMILES string of the molecule is O=C(O)CN(CC(=O)O)Cc1coc2ccccc12. The Kier molecular flexibility index (Phi) is 3.82. The van der Waals surface area contributed by atoms with Crippen LogP contribution in [-0.2, 0) is 16.1 Å². The highest BCUT2D eigenvalue weighted by molar-refractivity contribution is 5.81. The number of carbonyl (C=O) groups is 2. The lowest BCUT2D eigenvalue weighted by atomic mass is 10.1. The number of carboxylic acid groups (broad SMARTS) is 2. The number of furan rings is 1. The van der Waals surface area contributed by atoms with Crippen molar-refractivity contribution >= 4 is 22.9 Å². The Hall–Kier alpha value is -2.34. The molecule has 2 N–H and O–H groups in total. The van der Waals surface area contributed by atoms with E-state index in [4.69, 9.17) is 14.6 Å². The molecule has 6 nitrogen and oxygen atoms in total. The molecule has 1 aromatic carbocycles. The molecule has 0 aliphatic carbocycles. The standard InChI is InChI=1S/C13H13NO5/c15-12(16)6-14(7-13(17)18)5-9-8-19-11-4-2-1-3-10(9)11/h1-4,8H,5-7H2,(H,15,16)(H,17,18). The maximum atomic E-state index is 10.7. The lowest BCUT2D eigenvalue weighted by Crippen LogP contribution is -2.33. The van der Waals surface area contributed by atoms with Crippen molar-refractivity contribution < 1.29 is 24.2 Å². The van der Waals surface area contributed by atoms with Crippen LogP contribution in [0.3, 0.4) is 0 Å². The highest BCUT2D eigenvalue weighted by Gasteiger charge is 2.16. The highest BCUT2D eigenvalue weighted by atomic mass is 16.4. The summed E-state index contributed by atoms with van der Waals surface area (Å²) in [4.78, 5) is 22.8. The molecule has 0 amide bonds. The number of hydrogen-bond acceptors (Lipinski definition) is 4. The van der Waals surface area contributed by atoms with E-state index < -0.39 is 11.9 Å². The first kappa shape index (κ1) is 13.1. The number of hydrogen-bond donors (Lipinski definition) is 2. The molecule has 2 rings (SSSR count). The third-order valence-corrected chi connectivity index (χ3v) is 2.67. The number of benzene rings is 1. The minimum Gasteiger partial charge on any atom is -0.480 e. The molecule has 0 aliphatic heterocycles. The average Bonchev–Trinajstić information content (AvgIpc) is 2.71. The Balaban J connectivity index is 2.20. The van der Waals surface area contributed by atoms with Gasteiger partial charge in [0.15, 0.2) is 0 Å². The van der Waals surface area contributed by atoms with Crippen LogP contribution in [0.15, 0.2) is 34.9 Å². The molecule has 1 aromatic heterocycles. The third-order valence-electron chi connectivity index (χ3n) is 2.67. The summed E-state index contributed by atoms with van der Waals surface area (Å²) in [7, 11) is 0. The van der Waals surface area contributed by atoms with Gasteiger partial charge in [0.05, 0.1) is 19.4 Å². The Bertz CT molecular complexity index is 588. The second-order valence-electron chi connectivity index (χ2n) is 4.19. The van der Waals surface area contributed by atoms with Gasteiger partial charge in [-0.2, -0.15) is 0 Å². The van der Waals surface area contributed by atoms with Gasteiger partial charge in [-0.15, -0.1) is 0 Å². The van der Waals surface area contributed by atoms with Crippen molar-refractivity contribution in [2.24, 2.45) is 0 Å². The van der Waals surface area contributed by atoms with E-state index in [-0.39, 0.29) is 19.6 Å². The average molecular weight is 263 g/mol. The van der Waals surface area contributed by atoms with Gasteiger partial charge in [-0.3, -0.25) is 14.5 Å². The molecule has 0 bridgehead atoms. The fraction of sp³-hybridized carbons (Fsp3) is 0.231. The quantitative estimate of drug-likeness (QED) is 0.818. The number of fused-ring (bicyclic) bond motifs is 1. The van der Waals surface area contributed by atoms with Crippen molar-refractivity contribution in [1.29, 1.82) is 0 Å². The predicted octanol–water partition coefficient (Wildman–Crippen LogP) is 1.40. The summed E-state index contributed by atoms with van der Waals surface area (Å²) in [6.45, 7) is -0.437. The molecule has 0 spiro atoms. The lowest BCUT2D eigenvalue weighted by molar-refractivity contribution is -0.142. The maximum absolute atomic E-state index is 10.7. The second kappa shape index (κ2) is 5.53. The number of carboxylic acids is 2. The number of aliphatic carboxylic acids is 2. The molecule has 0 saturated carbocycles. The Morgan fingerprint density at radius 3 is 2.37 bits per heavy atom. The molecule has 100 valence electrons. The summed E-state index contributed by atoms with van der Waals surface area (Å²) in [5.41, 5.74) is 1.47. The largest absolute Gasteiger partial charge is 0.480 e. The summed E-state index contributed by atoms with van der Waals surface area (Å²) in [6.07, 6.45) is 1.53. The predicted molar refractivity (Wildman–Crippen MR) is 66.8 cm³/mol. The molecule has 0 saturated heterocycles. The van der Waals surface area contributed by atoms with Gasteiger partial charge in [0.2, 0.25) is 0 Å². The van der Waals surface area contributed by atoms with Gasteiger partial charge in [0, 0.05) is 17.5 Å².